The van der Waals surface area contributed by atoms with Crippen molar-refractivity contribution >= 4 is 11.3 Å². The van der Waals surface area contributed by atoms with Gasteiger partial charge in [0, 0.05) is 9.75 Å². The molecular weight excluding hydrogens is 233 g/mol. The van der Waals surface area contributed by atoms with Crippen molar-refractivity contribution in [3.05, 3.63) is 47.1 Å². The van der Waals surface area contributed by atoms with Gasteiger partial charge >= 0.3 is 0 Å². The molecule has 0 atom stereocenters. The molecule has 2 heterocycles. The number of hydrogen-bond donors (Lipinski definition) is 1. The third-order valence-corrected chi connectivity index (χ3v) is 4.30. The Bertz CT molecular complexity index is 499. The molecule has 1 N–H and O–H groups in total. The van der Waals surface area contributed by atoms with Crippen LogP contribution in [0, 0.1) is 11.7 Å². The molecule has 3 heteroatoms. The van der Waals surface area contributed by atoms with Crippen molar-refractivity contribution in [1.82, 2.24) is 5.32 Å². The fourth-order valence-corrected chi connectivity index (χ4v) is 3.16. The van der Waals surface area contributed by atoms with Crippen LogP contribution in [0.25, 0.3) is 10.4 Å². The van der Waals surface area contributed by atoms with E-state index in [0.29, 0.717) is 0 Å². The van der Waals surface area contributed by atoms with Crippen LogP contribution >= 0.6 is 11.3 Å². The van der Waals surface area contributed by atoms with Crippen LogP contribution in [0.15, 0.2) is 36.4 Å². The molecule has 3 rings (SSSR count). The van der Waals surface area contributed by atoms with E-state index in [1.165, 1.54) is 28.3 Å². The van der Waals surface area contributed by atoms with Crippen LogP contribution in [0.5, 0.6) is 0 Å². The molecule has 0 amide bonds. The van der Waals surface area contributed by atoms with Crippen LogP contribution in [0.4, 0.5) is 4.39 Å². The Labute approximate surface area is 104 Å². The van der Waals surface area contributed by atoms with Crippen LogP contribution in [-0.4, -0.2) is 13.1 Å². The van der Waals surface area contributed by atoms with E-state index in [-0.39, 0.29) is 5.82 Å². The summed E-state index contributed by atoms with van der Waals surface area (Å²) in [6, 6.07) is 11.1. The largest absolute Gasteiger partial charge is 0.316 e. The number of thiophene rings is 1. The number of benzene rings is 1. The second-order valence-corrected chi connectivity index (χ2v) is 5.67. The van der Waals surface area contributed by atoms with Crippen molar-refractivity contribution in [3.8, 4) is 10.4 Å². The third-order valence-electron chi connectivity index (χ3n) is 3.15. The summed E-state index contributed by atoms with van der Waals surface area (Å²) in [5.41, 5.74) is 1.11. The molecule has 1 aromatic carbocycles. The highest BCUT2D eigenvalue weighted by atomic mass is 32.1. The van der Waals surface area contributed by atoms with Gasteiger partial charge in [-0.3, -0.25) is 0 Å². The first-order chi connectivity index (χ1) is 8.31. The minimum absolute atomic E-state index is 0.175. The molecule has 0 radical (unpaired) electrons. The van der Waals surface area contributed by atoms with Crippen LogP contribution in [0.3, 0.4) is 0 Å². The Hall–Kier alpha value is -1.19. The predicted molar refractivity (Wildman–Crippen MR) is 69.8 cm³/mol. The summed E-state index contributed by atoms with van der Waals surface area (Å²) >= 11 is 1.82. The van der Waals surface area contributed by atoms with E-state index in [1.807, 2.05) is 23.5 Å². The lowest BCUT2D eigenvalue weighted by atomic mass is 9.99. The van der Waals surface area contributed by atoms with Gasteiger partial charge in [-0.25, -0.2) is 4.39 Å². The maximum absolute atomic E-state index is 12.8. The third kappa shape index (κ3) is 2.40. The van der Waals surface area contributed by atoms with E-state index in [0.717, 1.165) is 24.6 Å². The fraction of sp³-hybridized carbons (Fsp3) is 0.286. The Balaban J connectivity index is 1.76. The molecule has 17 heavy (non-hydrogen) atoms. The molecule has 1 aliphatic rings. The molecule has 0 aliphatic carbocycles. The zero-order chi connectivity index (χ0) is 11.7. The van der Waals surface area contributed by atoms with Gasteiger partial charge in [0.1, 0.15) is 5.82 Å². The Kier molecular flexibility index (Phi) is 2.95. The summed E-state index contributed by atoms with van der Waals surface area (Å²) in [6.07, 6.45) is 1.17. The van der Waals surface area contributed by atoms with E-state index in [9.17, 15) is 4.39 Å². The Morgan fingerprint density at radius 3 is 2.53 bits per heavy atom. The van der Waals surface area contributed by atoms with Gasteiger partial charge in [0.2, 0.25) is 0 Å². The zero-order valence-corrected chi connectivity index (χ0v) is 10.3. The minimum atomic E-state index is -0.175. The lowest BCUT2D eigenvalue weighted by molar-refractivity contribution is 0.348. The topological polar surface area (TPSA) is 12.0 Å². The second kappa shape index (κ2) is 4.59. The van der Waals surface area contributed by atoms with Crippen LogP contribution < -0.4 is 5.32 Å². The van der Waals surface area contributed by atoms with Crippen molar-refractivity contribution in [1.29, 1.82) is 0 Å². The number of hydrogen-bond acceptors (Lipinski definition) is 2. The number of nitrogens with one attached hydrogen (secondary N) is 1. The molecule has 1 aliphatic heterocycles. The lowest BCUT2D eigenvalue weighted by Gasteiger charge is -2.26. The molecule has 0 saturated carbocycles. The first-order valence-corrected chi connectivity index (χ1v) is 6.68. The van der Waals surface area contributed by atoms with Gasteiger partial charge in [0.25, 0.3) is 0 Å². The molecule has 0 unspecified atom stereocenters. The van der Waals surface area contributed by atoms with E-state index in [1.54, 1.807) is 0 Å². The highest BCUT2D eigenvalue weighted by molar-refractivity contribution is 7.15. The first kappa shape index (κ1) is 10.9. The SMILES string of the molecule is Fc1ccc(-c2ccc(CC3CNC3)s2)cc1. The molecule has 1 aromatic heterocycles. The van der Waals surface area contributed by atoms with E-state index in [2.05, 4.69) is 17.4 Å². The van der Waals surface area contributed by atoms with Crippen LogP contribution in [0.2, 0.25) is 0 Å². The van der Waals surface area contributed by atoms with Gasteiger partial charge in [0.05, 0.1) is 0 Å². The van der Waals surface area contributed by atoms with Gasteiger partial charge < -0.3 is 5.32 Å². The Morgan fingerprint density at radius 1 is 1.12 bits per heavy atom. The standard InChI is InChI=1S/C14H14FNS/c15-12-3-1-11(2-4-12)14-6-5-13(17-14)7-10-8-16-9-10/h1-6,10,16H,7-9H2. The molecule has 1 nitrogen and oxygen atoms in total. The molecule has 1 fully saturated rings. The zero-order valence-electron chi connectivity index (χ0n) is 9.45. The van der Waals surface area contributed by atoms with E-state index < -0.39 is 0 Å². The molecule has 88 valence electrons. The lowest BCUT2D eigenvalue weighted by Crippen LogP contribution is -2.42. The van der Waals surface area contributed by atoms with Gasteiger partial charge in [-0.2, -0.15) is 0 Å². The highest BCUT2D eigenvalue weighted by Crippen LogP contribution is 2.30. The van der Waals surface area contributed by atoms with Crippen LogP contribution in [0.1, 0.15) is 4.88 Å². The van der Waals surface area contributed by atoms with E-state index in [4.69, 9.17) is 0 Å². The van der Waals surface area contributed by atoms with Crippen LogP contribution in [-0.2, 0) is 6.42 Å². The van der Waals surface area contributed by atoms with Crippen molar-refractivity contribution < 1.29 is 4.39 Å². The van der Waals surface area contributed by atoms with Crippen molar-refractivity contribution in [2.75, 3.05) is 13.1 Å². The summed E-state index contributed by atoms with van der Waals surface area (Å²) in [5.74, 6) is 0.626. The molecule has 1 saturated heterocycles. The fourth-order valence-electron chi connectivity index (χ4n) is 2.03. The summed E-state index contributed by atoms with van der Waals surface area (Å²) in [4.78, 5) is 2.66. The summed E-state index contributed by atoms with van der Waals surface area (Å²) in [5, 5.41) is 3.29. The normalized spacial score (nSPS) is 15.8. The van der Waals surface area contributed by atoms with E-state index >= 15 is 0 Å². The highest BCUT2D eigenvalue weighted by Gasteiger charge is 2.17. The van der Waals surface area contributed by atoms with Gasteiger partial charge in [-0.05, 0) is 55.3 Å². The maximum atomic E-state index is 12.8. The number of rotatable bonds is 3. The molecule has 0 spiro atoms. The average Bonchev–Trinajstić information content (AvgIpc) is 2.73. The smallest absolute Gasteiger partial charge is 0.123 e. The van der Waals surface area contributed by atoms with Gasteiger partial charge in [-0.15, -0.1) is 11.3 Å². The molecular formula is C14H14FNS. The minimum Gasteiger partial charge on any atom is -0.316 e. The predicted octanol–water partition coefficient (Wildman–Crippen LogP) is 3.32. The van der Waals surface area contributed by atoms with Crippen molar-refractivity contribution in [2.24, 2.45) is 5.92 Å². The molecule has 2 aromatic rings. The monoisotopic (exact) mass is 247 g/mol. The van der Waals surface area contributed by atoms with Gasteiger partial charge in [0.15, 0.2) is 0 Å². The number of halogens is 1. The Morgan fingerprint density at radius 2 is 1.88 bits per heavy atom. The maximum Gasteiger partial charge on any atom is 0.123 e. The summed E-state index contributed by atoms with van der Waals surface area (Å²) in [6.45, 7) is 2.29. The van der Waals surface area contributed by atoms with Crippen molar-refractivity contribution in [2.45, 2.75) is 6.42 Å². The average molecular weight is 247 g/mol. The second-order valence-electron chi connectivity index (χ2n) is 4.50. The quantitative estimate of drug-likeness (QED) is 0.877. The summed E-state index contributed by atoms with van der Waals surface area (Å²) < 4.78 is 12.8. The summed E-state index contributed by atoms with van der Waals surface area (Å²) in [7, 11) is 0. The molecule has 0 bridgehead atoms. The van der Waals surface area contributed by atoms with Gasteiger partial charge in [-0.1, -0.05) is 12.1 Å². The van der Waals surface area contributed by atoms with Crippen molar-refractivity contribution in [3.63, 3.8) is 0 Å². The first-order valence-electron chi connectivity index (χ1n) is 5.86.